The number of para-hydroxylation sites is 5. The van der Waals surface area contributed by atoms with Gasteiger partial charge in [-0.25, -0.2) is 15.0 Å². The van der Waals surface area contributed by atoms with Gasteiger partial charge in [0.05, 0.1) is 33.1 Å². The summed E-state index contributed by atoms with van der Waals surface area (Å²) in [7, 11) is 0. The summed E-state index contributed by atoms with van der Waals surface area (Å²) in [6.45, 7) is 18.8. The minimum Gasteiger partial charge on any atom is -0.455 e. The van der Waals surface area contributed by atoms with Gasteiger partial charge < -0.3 is 4.42 Å². The molecule has 0 saturated carbocycles. The van der Waals surface area contributed by atoms with Crippen molar-refractivity contribution >= 4 is 119 Å². The molecule has 4 aliphatic carbocycles. The molecule has 0 saturated heterocycles. The zero-order chi connectivity index (χ0) is 83.7. The van der Waals surface area contributed by atoms with Crippen molar-refractivity contribution in [3.8, 4) is 95.3 Å². The van der Waals surface area contributed by atoms with Crippen LogP contribution in [0.25, 0.3) is 203 Å². The van der Waals surface area contributed by atoms with E-state index < -0.39 is 0 Å². The van der Waals surface area contributed by atoms with Gasteiger partial charge in [0.1, 0.15) is 28.6 Å². The molecular formula is C117H84N6OS. The highest BCUT2D eigenvalue weighted by molar-refractivity contribution is 7.25. The third-order valence-corrected chi connectivity index (χ3v) is 29.5. The van der Waals surface area contributed by atoms with Crippen LogP contribution in [0.5, 0.6) is 0 Å². The van der Waals surface area contributed by atoms with Crippen molar-refractivity contribution in [2.75, 3.05) is 0 Å². The molecule has 0 radical (unpaired) electrons. The van der Waals surface area contributed by atoms with Crippen LogP contribution in [-0.2, 0) is 21.7 Å². The van der Waals surface area contributed by atoms with E-state index in [-0.39, 0.29) is 21.7 Å². The Kier molecular flexibility index (Phi) is 15.7. The first kappa shape index (κ1) is 72.9. The summed E-state index contributed by atoms with van der Waals surface area (Å²) < 4.78 is 16.0. The molecule has 15 aromatic carbocycles. The summed E-state index contributed by atoms with van der Waals surface area (Å²) >= 11 is 1.85. The molecule has 0 bridgehead atoms. The third-order valence-electron chi connectivity index (χ3n) is 28.4. The lowest BCUT2D eigenvalue weighted by Gasteiger charge is -2.22. The zero-order valence-electron chi connectivity index (χ0n) is 70.6. The molecule has 0 fully saturated rings. The lowest BCUT2D eigenvalue weighted by atomic mass is 9.80. The molecule has 594 valence electrons. The summed E-state index contributed by atoms with van der Waals surface area (Å²) in [6.07, 6.45) is 6.05. The highest BCUT2D eigenvalue weighted by atomic mass is 32.1. The van der Waals surface area contributed by atoms with Crippen LogP contribution >= 0.6 is 11.3 Å². The van der Waals surface area contributed by atoms with E-state index in [1.54, 1.807) is 0 Å². The van der Waals surface area contributed by atoms with Crippen LogP contribution in [0.3, 0.4) is 0 Å². The van der Waals surface area contributed by atoms with E-state index in [4.69, 9.17) is 19.4 Å². The number of furan rings is 1. The maximum atomic E-state index is 6.31. The van der Waals surface area contributed by atoms with Gasteiger partial charge in [-0.2, -0.15) is 0 Å². The fourth-order valence-electron chi connectivity index (χ4n) is 22.4. The van der Waals surface area contributed by atoms with Crippen LogP contribution in [0.4, 0.5) is 0 Å². The summed E-state index contributed by atoms with van der Waals surface area (Å²) in [5.74, 6) is 2.79. The van der Waals surface area contributed by atoms with Crippen molar-refractivity contribution in [3.63, 3.8) is 0 Å². The maximum Gasteiger partial charge on any atom is 0.143 e. The van der Waals surface area contributed by atoms with Crippen molar-refractivity contribution in [2.24, 2.45) is 0 Å². The second-order valence-corrected chi connectivity index (χ2v) is 37.5. The highest BCUT2D eigenvalue weighted by Gasteiger charge is 2.42. The smallest absolute Gasteiger partial charge is 0.143 e. The number of hydrogen-bond acceptors (Lipinski definition) is 5. The SMILES string of the molecule is CC1(C)c2ccccc2-c2c1ccc1c2c2ccccc2n1-c1ccc(-c2cccc3c2oc2ccccc23)cn1.CC1(C)c2ccccc2-c2c1ccc1c3ccccc3n(-c3ccc(-c4ccc5sc6ccccc6c5c4)cn3)c21.CC1(C)c2ccccc2-c2cc(-c3ccc(-n4c5ccccc5c5c6c(ccc54)-c4ccccc4C6(C)C)nc3)ccc21. The van der Waals surface area contributed by atoms with E-state index in [1.807, 2.05) is 42.1 Å². The average Bonchev–Trinajstić information content (AvgIpc) is 1.55. The number of hydrogen-bond donors (Lipinski definition) is 0. The molecule has 0 aliphatic heterocycles. The predicted molar refractivity (Wildman–Crippen MR) is 522 cm³/mol. The Morgan fingerprint density at radius 1 is 0.248 bits per heavy atom. The molecule has 7 nitrogen and oxygen atoms in total. The Balaban J connectivity index is 0.000000103. The Bertz CT molecular complexity index is 8530. The Labute approximate surface area is 728 Å². The predicted octanol–water partition coefficient (Wildman–Crippen LogP) is 31.0. The molecule has 0 amide bonds. The molecule has 0 unspecified atom stereocenters. The van der Waals surface area contributed by atoms with Gasteiger partial charge in [0.2, 0.25) is 0 Å². The van der Waals surface area contributed by atoms with Crippen molar-refractivity contribution < 1.29 is 4.42 Å². The van der Waals surface area contributed by atoms with Crippen molar-refractivity contribution in [3.05, 3.63) is 409 Å². The van der Waals surface area contributed by atoms with E-state index in [9.17, 15) is 0 Å². The first-order valence-corrected chi connectivity index (χ1v) is 44.3. The first-order valence-electron chi connectivity index (χ1n) is 43.5. The fourth-order valence-corrected chi connectivity index (χ4v) is 23.5. The molecule has 8 heterocycles. The summed E-state index contributed by atoms with van der Waals surface area (Å²) in [6, 6.07) is 126. The first-order chi connectivity index (χ1) is 61.1. The minimum absolute atomic E-state index is 0.0131. The largest absolute Gasteiger partial charge is 0.455 e. The zero-order valence-corrected chi connectivity index (χ0v) is 71.5. The van der Waals surface area contributed by atoms with E-state index in [0.29, 0.717) is 0 Å². The van der Waals surface area contributed by atoms with Gasteiger partial charge in [-0.3, -0.25) is 13.7 Å². The maximum absolute atomic E-state index is 6.31. The van der Waals surface area contributed by atoms with Crippen molar-refractivity contribution in [2.45, 2.75) is 77.0 Å². The minimum atomic E-state index is -0.0849. The molecule has 27 rings (SSSR count). The molecule has 8 aromatic heterocycles. The number of fused-ring (bicyclic) bond motifs is 30. The quantitative estimate of drug-likeness (QED) is 0.166. The van der Waals surface area contributed by atoms with Gasteiger partial charge in [0.25, 0.3) is 0 Å². The summed E-state index contributed by atoms with van der Waals surface area (Å²) in [5.41, 5.74) is 37.4. The van der Waals surface area contributed by atoms with Crippen LogP contribution in [0.2, 0.25) is 0 Å². The number of rotatable bonds is 6. The standard InChI is InChI=1S/C41H32N2.C38H26N2O.C38H26N2S/c1-40(2)32-14-8-6-12-28(32)31-23-25(17-20-34(31)40)26-18-22-37(42-24-26)43-35-16-10-7-13-30(35)38-36(43)21-19-29-27-11-5-9-15-33(27)41(3,4)39(29)38;1-38(2)29-15-6-3-11-27(29)35-30(38)19-20-32-36(35)28-12-4-7-16-31(28)40(32)34-21-18-23(22-39-34)24-13-9-14-26-25-10-5-8-17-33(25)41-37(24)26;1-38(2)30-12-6-3-11-28(30)36-31(38)18-17-27-25-9-4-7-13-32(25)40(37(27)36)35-20-16-24(22-39-35)23-15-19-34-29(21-23)26-10-5-8-14-33(26)41-34/h5-24H,1-4H3;2*3-22H,1-2H3. The molecular weight excluding hydrogens is 1540 g/mol. The van der Waals surface area contributed by atoms with E-state index in [0.717, 1.165) is 67.2 Å². The van der Waals surface area contributed by atoms with Crippen LogP contribution in [-0.4, -0.2) is 28.7 Å². The van der Waals surface area contributed by atoms with E-state index >= 15 is 0 Å². The Morgan fingerprint density at radius 3 is 1.34 bits per heavy atom. The van der Waals surface area contributed by atoms with Gasteiger partial charge in [-0.1, -0.05) is 304 Å². The average molecular weight is 1620 g/mol. The van der Waals surface area contributed by atoms with Crippen LogP contribution in [0, 0.1) is 0 Å². The molecule has 4 aliphatic rings. The van der Waals surface area contributed by atoms with Crippen molar-refractivity contribution in [1.29, 1.82) is 0 Å². The number of benzene rings is 15. The molecule has 8 heteroatoms. The Hall–Kier alpha value is -14.8. The monoisotopic (exact) mass is 1620 g/mol. The lowest BCUT2D eigenvalue weighted by molar-refractivity contribution is 0.660. The molecule has 23 aromatic rings. The van der Waals surface area contributed by atoms with Crippen molar-refractivity contribution in [1.82, 2.24) is 28.7 Å². The molecule has 125 heavy (non-hydrogen) atoms. The van der Waals surface area contributed by atoms with Gasteiger partial charge in [0, 0.05) is 131 Å². The number of thiophene rings is 1. The third kappa shape index (κ3) is 10.5. The number of aromatic nitrogens is 6. The Morgan fingerprint density at radius 2 is 0.680 bits per heavy atom. The van der Waals surface area contributed by atoms with E-state index in [1.165, 1.54) is 180 Å². The fraction of sp³-hybridized carbons (Fsp3) is 0.103. The number of pyridine rings is 3. The molecule has 0 spiro atoms. The van der Waals surface area contributed by atoms with Crippen LogP contribution in [0.15, 0.2) is 369 Å². The lowest BCUT2D eigenvalue weighted by Crippen LogP contribution is -2.15. The topological polar surface area (TPSA) is 66.6 Å². The second-order valence-electron chi connectivity index (χ2n) is 36.5. The number of nitrogens with zero attached hydrogens (tertiary/aromatic N) is 6. The van der Waals surface area contributed by atoms with Gasteiger partial charge in [-0.15, -0.1) is 11.3 Å². The van der Waals surface area contributed by atoms with Crippen LogP contribution < -0.4 is 0 Å². The molecule has 0 N–H and O–H groups in total. The van der Waals surface area contributed by atoms with E-state index in [2.05, 4.69) is 403 Å². The highest BCUT2D eigenvalue weighted by Crippen LogP contribution is 2.58. The van der Waals surface area contributed by atoms with Gasteiger partial charge >= 0.3 is 0 Å². The second kappa shape index (κ2) is 26.8. The normalized spacial score (nSPS) is 14.3. The summed E-state index contributed by atoms with van der Waals surface area (Å²) in [5, 5.41) is 12.6. The van der Waals surface area contributed by atoms with Gasteiger partial charge in [0.15, 0.2) is 0 Å². The molecule has 0 atom stereocenters. The summed E-state index contributed by atoms with van der Waals surface area (Å²) in [4.78, 5) is 15.3. The van der Waals surface area contributed by atoms with Gasteiger partial charge in [-0.05, 0) is 192 Å². The van der Waals surface area contributed by atoms with Crippen LogP contribution in [0.1, 0.15) is 99.9 Å².